The van der Waals surface area contributed by atoms with E-state index < -0.39 is 0 Å². The number of likely N-dealkylation sites (tertiary alicyclic amines) is 1. The summed E-state index contributed by atoms with van der Waals surface area (Å²) in [5, 5.41) is 2.95. The smallest absolute Gasteiger partial charge is 0.222 e. The number of aromatic nitrogens is 1. The Labute approximate surface area is 119 Å². The maximum atomic E-state index is 12.1. The molecule has 1 aromatic rings. The van der Waals surface area contributed by atoms with Crippen LogP contribution in [0.1, 0.15) is 37.1 Å². The lowest BCUT2D eigenvalue weighted by atomic mass is 9.98. The van der Waals surface area contributed by atoms with Gasteiger partial charge in [-0.2, -0.15) is 0 Å². The number of carbonyl (C=O) groups is 1. The molecule has 0 spiro atoms. The fourth-order valence-electron chi connectivity index (χ4n) is 2.61. The van der Waals surface area contributed by atoms with Crippen molar-refractivity contribution >= 4 is 17.2 Å². The van der Waals surface area contributed by atoms with Crippen LogP contribution in [0, 0.1) is 0 Å². The van der Waals surface area contributed by atoms with Crippen LogP contribution in [-0.2, 0) is 11.3 Å². The third-order valence-electron chi connectivity index (χ3n) is 3.89. The zero-order chi connectivity index (χ0) is 13.7. The van der Waals surface area contributed by atoms with Gasteiger partial charge in [-0.1, -0.05) is 6.42 Å². The molecule has 1 aromatic heterocycles. The van der Waals surface area contributed by atoms with Gasteiger partial charge in [0.1, 0.15) is 5.01 Å². The van der Waals surface area contributed by atoms with Crippen molar-refractivity contribution in [1.82, 2.24) is 14.8 Å². The monoisotopic (exact) mass is 281 g/mol. The van der Waals surface area contributed by atoms with Crippen molar-refractivity contribution in [3.05, 3.63) is 16.6 Å². The van der Waals surface area contributed by atoms with Crippen LogP contribution < -0.4 is 0 Å². The van der Waals surface area contributed by atoms with E-state index in [1.165, 1.54) is 25.8 Å². The fraction of sp³-hybridized carbons (Fsp3) is 0.714. The molecule has 1 aliphatic rings. The maximum absolute atomic E-state index is 12.1. The average Bonchev–Trinajstić information content (AvgIpc) is 2.90. The summed E-state index contributed by atoms with van der Waals surface area (Å²) in [5.41, 5.74) is 0. The summed E-state index contributed by atoms with van der Waals surface area (Å²) in [6.07, 6.45) is 7.26. The molecule has 1 amide bonds. The molecule has 1 aliphatic heterocycles. The largest absolute Gasteiger partial charge is 0.339 e. The number of thiazole rings is 1. The number of amides is 1. The molecule has 1 saturated heterocycles. The lowest BCUT2D eigenvalue weighted by Crippen LogP contribution is -2.37. The van der Waals surface area contributed by atoms with Gasteiger partial charge in [0, 0.05) is 31.1 Å². The van der Waals surface area contributed by atoms with Crippen molar-refractivity contribution < 1.29 is 4.79 Å². The molecular formula is C14H23N3OS. The van der Waals surface area contributed by atoms with E-state index in [1.807, 2.05) is 12.4 Å². The molecule has 0 N–H and O–H groups in total. The highest BCUT2D eigenvalue weighted by atomic mass is 32.1. The standard InChI is InChI=1S/C14H23N3OS/c1-16-9-4-3-5-12(16)6-7-14(18)17(2)11-13-15-8-10-19-13/h8,10,12H,3-7,9,11H2,1-2H3/t12-/m1/s1. The zero-order valence-electron chi connectivity index (χ0n) is 11.8. The molecule has 0 saturated carbocycles. The van der Waals surface area contributed by atoms with Gasteiger partial charge in [0.25, 0.3) is 0 Å². The van der Waals surface area contributed by atoms with Crippen molar-refractivity contribution in [2.45, 2.75) is 44.7 Å². The van der Waals surface area contributed by atoms with Crippen molar-refractivity contribution in [1.29, 1.82) is 0 Å². The Hall–Kier alpha value is -0.940. The van der Waals surface area contributed by atoms with Gasteiger partial charge in [0.05, 0.1) is 6.54 Å². The zero-order valence-corrected chi connectivity index (χ0v) is 12.7. The summed E-state index contributed by atoms with van der Waals surface area (Å²) in [5.74, 6) is 0.231. The molecule has 0 bridgehead atoms. The van der Waals surface area contributed by atoms with E-state index in [0.717, 1.165) is 11.4 Å². The average molecular weight is 281 g/mol. The third-order valence-corrected chi connectivity index (χ3v) is 4.66. The Balaban J connectivity index is 1.74. The highest BCUT2D eigenvalue weighted by molar-refractivity contribution is 7.09. The van der Waals surface area contributed by atoms with Crippen molar-refractivity contribution in [2.75, 3.05) is 20.6 Å². The predicted octanol–water partition coefficient (Wildman–Crippen LogP) is 2.37. The molecule has 0 aliphatic carbocycles. The lowest BCUT2D eigenvalue weighted by molar-refractivity contribution is -0.130. The van der Waals surface area contributed by atoms with E-state index in [9.17, 15) is 4.79 Å². The summed E-state index contributed by atoms with van der Waals surface area (Å²) in [6.45, 7) is 1.81. The first-order valence-corrected chi connectivity index (χ1v) is 7.87. The lowest BCUT2D eigenvalue weighted by Gasteiger charge is -2.32. The van der Waals surface area contributed by atoms with Crippen LogP contribution in [0.2, 0.25) is 0 Å². The summed E-state index contributed by atoms with van der Waals surface area (Å²) < 4.78 is 0. The molecule has 0 unspecified atom stereocenters. The predicted molar refractivity (Wildman–Crippen MR) is 78.1 cm³/mol. The highest BCUT2D eigenvalue weighted by Crippen LogP contribution is 2.19. The molecule has 2 rings (SSSR count). The van der Waals surface area contributed by atoms with E-state index in [-0.39, 0.29) is 5.91 Å². The second-order valence-corrected chi connectivity index (χ2v) is 6.32. The summed E-state index contributed by atoms with van der Waals surface area (Å²) in [6, 6.07) is 0.589. The van der Waals surface area contributed by atoms with Gasteiger partial charge in [0.2, 0.25) is 5.91 Å². The SMILES string of the molecule is CN(Cc1nccs1)C(=O)CC[C@H]1CCCCN1C. The first-order chi connectivity index (χ1) is 9.16. The molecule has 106 valence electrons. The number of nitrogens with zero attached hydrogens (tertiary/aromatic N) is 3. The molecule has 1 fully saturated rings. The number of hydrogen-bond donors (Lipinski definition) is 0. The van der Waals surface area contributed by atoms with Crippen molar-refractivity contribution in [2.24, 2.45) is 0 Å². The van der Waals surface area contributed by atoms with E-state index in [0.29, 0.717) is 19.0 Å². The quantitative estimate of drug-likeness (QED) is 0.831. The molecule has 4 nitrogen and oxygen atoms in total. The number of hydrogen-bond acceptors (Lipinski definition) is 4. The van der Waals surface area contributed by atoms with Crippen LogP contribution in [0.25, 0.3) is 0 Å². The van der Waals surface area contributed by atoms with Gasteiger partial charge < -0.3 is 9.80 Å². The van der Waals surface area contributed by atoms with E-state index in [2.05, 4.69) is 16.9 Å². The third kappa shape index (κ3) is 4.28. The number of carbonyl (C=O) groups excluding carboxylic acids is 1. The molecule has 19 heavy (non-hydrogen) atoms. The Kier molecular flexibility index (Phi) is 5.34. The van der Waals surface area contributed by atoms with Gasteiger partial charge in [-0.3, -0.25) is 4.79 Å². The van der Waals surface area contributed by atoms with Gasteiger partial charge in [-0.15, -0.1) is 11.3 Å². The molecule has 0 radical (unpaired) electrons. The van der Waals surface area contributed by atoms with Crippen LogP contribution in [0.5, 0.6) is 0 Å². The molecule has 0 aromatic carbocycles. The minimum Gasteiger partial charge on any atom is -0.339 e. The van der Waals surface area contributed by atoms with E-state index in [1.54, 1.807) is 22.4 Å². The van der Waals surface area contributed by atoms with Crippen LogP contribution in [0.15, 0.2) is 11.6 Å². The van der Waals surface area contributed by atoms with Crippen LogP contribution in [-0.4, -0.2) is 47.4 Å². The Bertz CT molecular complexity index is 393. The van der Waals surface area contributed by atoms with Crippen LogP contribution in [0.3, 0.4) is 0 Å². The minimum absolute atomic E-state index is 0.231. The second kappa shape index (κ2) is 7.01. The maximum Gasteiger partial charge on any atom is 0.222 e. The molecule has 2 heterocycles. The first-order valence-electron chi connectivity index (χ1n) is 6.99. The summed E-state index contributed by atoms with van der Waals surface area (Å²) in [7, 11) is 4.04. The van der Waals surface area contributed by atoms with Gasteiger partial charge in [0.15, 0.2) is 0 Å². The minimum atomic E-state index is 0.231. The second-order valence-electron chi connectivity index (χ2n) is 5.34. The van der Waals surface area contributed by atoms with Crippen molar-refractivity contribution in [3.63, 3.8) is 0 Å². The van der Waals surface area contributed by atoms with E-state index >= 15 is 0 Å². The van der Waals surface area contributed by atoms with E-state index in [4.69, 9.17) is 0 Å². The highest BCUT2D eigenvalue weighted by Gasteiger charge is 2.20. The number of rotatable bonds is 5. The Morgan fingerprint density at radius 2 is 2.42 bits per heavy atom. The van der Waals surface area contributed by atoms with Gasteiger partial charge in [-0.05, 0) is 32.9 Å². The van der Waals surface area contributed by atoms with Gasteiger partial charge >= 0.3 is 0 Å². The molecule has 1 atom stereocenters. The summed E-state index contributed by atoms with van der Waals surface area (Å²) in [4.78, 5) is 20.5. The molecular weight excluding hydrogens is 258 g/mol. The number of piperidine rings is 1. The normalized spacial score (nSPS) is 20.4. The Morgan fingerprint density at radius 3 is 3.11 bits per heavy atom. The van der Waals surface area contributed by atoms with Crippen molar-refractivity contribution in [3.8, 4) is 0 Å². The van der Waals surface area contributed by atoms with Crippen LogP contribution in [0.4, 0.5) is 0 Å². The Morgan fingerprint density at radius 1 is 1.58 bits per heavy atom. The first kappa shape index (κ1) is 14.5. The topological polar surface area (TPSA) is 36.4 Å². The molecule has 5 heteroatoms. The van der Waals surface area contributed by atoms with Crippen LogP contribution >= 0.6 is 11.3 Å². The summed E-state index contributed by atoms with van der Waals surface area (Å²) >= 11 is 1.60. The van der Waals surface area contributed by atoms with Gasteiger partial charge in [-0.25, -0.2) is 4.98 Å². The fourth-order valence-corrected chi connectivity index (χ4v) is 3.28.